The van der Waals surface area contributed by atoms with Crippen LogP contribution in [0.4, 0.5) is 5.69 Å². The second kappa shape index (κ2) is 7.24. The SMILES string of the molecule is CN1CCOc2cc(C(=O)N3CCC(C4CCNCC4)CC3)ccc21. The van der Waals surface area contributed by atoms with Crippen molar-refractivity contribution in [2.45, 2.75) is 25.7 Å². The Hall–Kier alpha value is -1.75. The highest BCUT2D eigenvalue weighted by Gasteiger charge is 2.30. The molecule has 3 aliphatic heterocycles. The van der Waals surface area contributed by atoms with E-state index < -0.39 is 0 Å². The van der Waals surface area contributed by atoms with Crippen molar-refractivity contribution in [3.05, 3.63) is 23.8 Å². The van der Waals surface area contributed by atoms with E-state index in [0.717, 1.165) is 74.4 Å². The number of amides is 1. The Morgan fingerprint density at radius 2 is 1.80 bits per heavy atom. The van der Waals surface area contributed by atoms with Gasteiger partial charge in [-0.1, -0.05) is 0 Å². The van der Waals surface area contributed by atoms with Crippen molar-refractivity contribution in [2.24, 2.45) is 11.8 Å². The van der Waals surface area contributed by atoms with Gasteiger partial charge in [-0.25, -0.2) is 0 Å². The number of nitrogens with one attached hydrogen (secondary N) is 1. The number of likely N-dealkylation sites (tertiary alicyclic amines) is 1. The monoisotopic (exact) mass is 343 g/mol. The average molecular weight is 343 g/mol. The number of fused-ring (bicyclic) bond motifs is 1. The number of hydrogen-bond acceptors (Lipinski definition) is 4. The number of carbonyl (C=O) groups excluding carboxylic acids is 1. The van der Waals surface area contributed by atoms with E-state index in [2.05, 4.69) is 17.3 Å². The van der Waals surface area contributed by atoms with Gasteiger partial charge in [-0.15, -0.1) is 0 Å². The largest absolute Gasteiger partial charge is 0.490 e. The predicted molar refractivity (Wildman–Crippen MR) is 99.4 cm³/mol. The van der Waals surface area contributed by atoms with Gasteiger partial charge in [-0.3, -0.25) is 4.79 Å². The maximum absolute atomic E-state index is 12.9. The molecular formula is C20H29N3O2. The molecule has 0 unspecified atom stereocenters. The summed E-state index contributed by atoms with van der Waals surface area (Å²) < 4.78 is 5.75. The first-order chi connectivity index (χ1) is 12.2. The Morgan fingerprint density at radius 3 is 2.56 bits per heavy atom. The van der Waals surface area contributed by atoms with Gasteiger partial charge in [-0.2, -0.15) is 0 Å². The van der Waals surface area contributed by atoms with Gasteiger partial charge in [0.25, 0.3) is 5.91 Å². The molecule has 0 aliphatic carbocycles. The number of carbonyl (C=O) groups is 1. The van der Waals surface area contributed by atoms with Crippen LogP contribution in [0.25, 0.3) is 0 Å². The molecule has 5 nitrogen and oxygen atoms in total. The summed E-state index contributed by atoms with van der Waals surface area (Å²) in [4.78, 5) is 17.1. The van der Waals surface area contributed by atoms with Crippen molar-refractivity contribution >= 4 is 11.6 Å². The molecule has 0 aromatic heterocycles. The van der Waals surface area contributed by atoms with Gasteiger partial charge < -0.3 is 19.9 Å². The van der Waals surface area contributed by atoms with E-state index in [1.54, 1.807) is 0 Å². The third kappa shape index (κ3) is 3.47. The third-order valence-electron chi connectivity index (χ3n) is 6.18. The maximum Gasteiger partial charge on any atom is 0.253 e. The lowest BCUT2D eigenvalue weighted by atomic mass is 9.79. The van der Waals surface area contributed by atoms with E-state index in [9.17, 15) is 4.79 Å². The Bertz CT molecular complexity index is 619. The molecule has 0 saturated carbocycles. The molecule has 1 aromatic carbocycles. The van der Waals surface area contributed by atoms with Crippen molar-refractivity contribution in [1.29, 1.82) is 0 Å². The Balaban J connectivity index is 1.39. The second-order valence-corrected chi connectivity index (χ2v) is 7.67. The molecule has 4 rings (SSSR count). The summed E-state index contributed by atoms with van der Waals surface area (Å²) in [6, 6.07) is 5.89. The number of hydrogen-bond donors (Lipinski definition) is 1. The highest BCUT2D eigenvalue weighted by atomic mass is 16.5. The lowest BCUT2D eigenvalue weighted by molar-refractivity contribution is 0.0641. The Kier molecular flexibility index (Phi) is 4.84. The first kappa shape index (κ1) is 16.7. The van der Waals surface area contributed by atoms with Crippen LogP contribution in [0.2, 0.25) is 0 Å². The topological polar surface area (TPSA) is 44.8 Å². The van der Waals surface area contributed by atoms with Crippen LogP contribution >= 0.6 is 0 Å². The first-order valence-corrected chi connectivity index (χ1v) is 9.70. The number of nitrogens with zero attached hydrogens (tertiary/aromatic N) is 2. The van der Waals surface area contributed by atoms with Gasteiger partial charge in [-0.05, 0) is 68.8 Å². The maximum atomic E-state index is 12.9. The normalized spacial score (nSPS) is 22.4. The number of piperidine rings is 2. The van der Waals surface area contributed by atoms with Crippen molar-refractivity contribution in [3.63, 3.8) is 0 Å². The summed E-state index contributed by atoms with van der Waals surface area (Å²) in [5, 5.41) is 3.45. The van der Waals surface area contributed by atoms with Crippen LogP contribution in [0.1, 0.15) is 36.0 Å². The van der Waals surface area contributed by atoms with E-state index in [0.29, 0.717) is 6.61 Å². The smallest absolute Gasteiger partial charge is 0.253 e. The lowest BCUT2D eigenvalue weighted by Gasteiger charge is -2.38. The van der Waals surface area contributed by atoms with Gasteiger partial charge in [0.2, 0.25) is 0 Å². The summed E-state index contributed by atoms with van der Waals surface area (Å²) >= 11 is 0. The van der Waals surface area contributed by atoms with Crippen LogP contribution in [-0.4, -0.2) is 57.2 Å². The second-order valence-electron chi connectivity index (χ2n) is 7.67. The molecule has 3 heterocycles. The van der Waals surface area contributed by atoms with E-state index in [4.69, 9.17) is 4.74 Å². The van der Waals surface area contributed by atoms with Gasteiger partial charge in [0, 0.05) is 25.7 Å². The van der Waals surface area contributed by atoms with Gasteiger partial charge in [0.05, 0.1) is 12.2 Å². The van der Waals surface area contributed by atoms with Crippen molar-refractivity contribution in [2.75, 3.05) is 51.3 Å². The minimum Gasteiger partial charge on any atom is -0.490 e. The van der Waals surface area contributed by atoms with Crippen molar-refractivity contribution in [1.82, 2.24) is 10.2 Å². The molecule has 0 bridgehead atoms. The fraction of sp³-hybridized carbons (Fsp3) is 0.650. The van der Waals surface area contributed by atoms with Crippen LogP contribution in [0, 0.1) is 11.8 Å². The molecular weight excluding hydrogens is 314 g/mol. The molecule has 0 atom stereocenters. The molecule has 5 heteroatoms. The molecule has 2 saturated heterocycles. The zero-order chi connectivity index (χ0) is 17.2. The van der Waals surface area contributed by atoms with Crippen LogP contribution in [0.5, 0.6) is 5.75 Å². The standard InChI is InChI=1S/C20H29N3O2/c1-22-12-13-25-19-14-17(2-3-18(19)22)20(24)23-10-6-16(7-11-23)15-4-8-21-9-5-15/h2-3,14-16,21H,4-13H2,1H3. The van der Waals surface area contributed by atoms with Crippen LogP contribution < -0.4 is 15.0 Å². The Labute approximate surface area is 150 Å². The molecule has 3 aliphatic rings. The summed E-state index contributed by atoms with van der Waals surface area (Å²) in [6.07, 6.45) is 4.91. The summed E-state index contributed by atoms with van der Waals surface area (Å²) in [5.41, 5.74) is 1.83. The number of anilines is 1. The molecule has 25 heavy (non-hydrogen) atoms. The number of benzene rings is 1. The number of ether oxygens (including phenoxy) is 1. The zero-order valence-electron chi connectivity index (χ0n) is 15.2. The van der Waals surface area contributed by atoms with Crippen LogP contribution in [-0.2, 0) is 0 Å². The lowest BCUT2D eigenvalue weighted by Crippen LogP contribution is -2.42. The Morgan fingerprint density at radius 1 is 1.08 bits per heavy atom. The predicted octanol–water partition coefficient (Wildman–Crippen LogP) is 2.37. The molecule has 1 amide bonds. The summed E-state index contributed by atoms with van der Waals surface area (Å²) in [5.74, 6) is 2.64. The molecule has 0 spiro atoms. The van der Waals surface area contributed by atoms with Gasteiger partial charge in [0.1, 0.15) is 12.4 Å². The molecule has 136 valence electrons. The van der Waals surface area contributed by atoms with Crippen LogP contribution in [0.3, 0.4) is 0 Å². The fourth-order valence-corrected chi connectivity index (χ4v) is 4.56. The average Bonchev–Trinajstić information content (AvgIpc) is 2.68. The van der Waals surface area contributed by atoms with E-state index in [1.807, 2.05) is 23.1 Å². The van der Waals surface area contributed by atoms with Crippen LogP contribution in [0.15, 0.2) is 18.2 Å². The van der Waals surface area contributed by atoms with Gasteiger partial charge in [0.15, 0.2) is 0 Å². The molecule has 1 N–H and O–H groups in total. The quantitative estimate of drug-likeness (QED) is 0.895. The summed E-state index contributed by atoms with van der Waals surface area (Å²) in [6.45, 7) is 5.69. The number of rotatable bonds is 2. The molecule has 0 radical (unpaired) electrons. The highest BCUT2D eigenvalue weighted by Crippen LogP contribution is 2.34. The zero-order valence-corrected chi connectivity index (χ0v) is 15.2. The molecule has 2 fully saturated rings. The minimum atomic E-state index is 0.156. The number of likely N-dealkylation sites (N-methyl/N-ethyl adjacent to an activating group) is 1. The van der Waals surface area contributed by atoms with Crippen molar-refractivity contribution in [3.8, 4) is 5.75 Å². The third-order valence-corrected chi connectivity index (χ3v) is 6.18. The van der Waals surface area contributed by atoms with Gasteiger partial charge >= 0.3 is 0 Å². The van der Waals surface area contributed by atoms with Crippen molar-refractivity contribution < 1.29 is 9.53 Å². The summed E-state index contributed by atoms with van der Waals surface area (Å²) in [7, 11) is 2.06. The van der Waals surface area contributed by atoms with E-state index >= 15 is 0 Å². The highest BCUT2D eigenvalue weighted by molar-refractivity contribution is 5.95. The molecule has 1 aromatic rings. The minimum absolute atomic E-state index is 0.156. The van der Waals surface area contributed by atoms with E-state index in [-0.39, 0.29) is 5.91 Å². The fourth-order valence-electron chi connectivity index (χ4n) is 4.56. The van der Waals surface area contributed by atoms with E-state index in [1.165, 1.54) is 12.8 Å². The first-order valence-electron chi connectivity index (χ1n) is 9.70.